The van der Waals surface area contributed by atoms with E-state index in [0.29, 0.717) is 16.8 Å². The van der Waals surface area contributed by atoms with Crippen LogP contribution in [0.3, 0.4) is 0 Å². The molecule has 2 rings (SSSR count). The van der Waals surface area contributed by atoms with Gasteiger partial charge in [-0.1, -0.05) is 18.2 Å². The lowest BCUT2D eigenvalue weighted by molar-refractivity contribution is -0.115. The quantitative estimate of drug-likeness (QED) is 0.782. The summed E-state index contributed by atoms with van der Waals surface area (Å²) in [6, 6.07) is 13.7. The number of nitrogens with one attached hydrogen (secondary N) is 3. The van der Waals surface area contributed by atoms with Gasteiger partial charge in [0, 0.05) is 23.9 Å². The van der Waals surface area contributed by atoms with Crippen molar-refractivity contribution in [2.75, 3.05) is 18.9 Å². The number of amides is 3. The number of benzene rings is 2. The third-order valence-corrected chi connectivity index (χ3v) is 3.46. The zero-order valence-corrected chi connectivity index (χ0v) is 13.6. The zero-order chi connectivity index (χ0) is 17.5. The van der Waals surface area contributed by atoms with Crippen molar-refractivity contribution < 1.29 is 14.4 Å². The molecule has 0 fully saturated rings. The third kappa shape index (κ3) is 4.42. The lowest BCUT2D eigenvalue weighted by Crippen LogP contribution is -2.33. The highest BCUT2D eigenvalue weighted by Crippen LogP contribution is 2.09. The lowest BCUT2D eigenvalue weighted by atomic mass is 10.1. The predicted octanol–water partition coefficient (Wildman–Crippen LogP) is 1.72. The molecule has 0 radical (unpaired) electrons. The van der Waals surface area contributed by atoms with E-state index in [9.17, 15) is 14.4 Å². The molecule has 3 N–H and O–H groups in total. The average molecular weight is 325 g/mol. The minimum absolute atomic E-state index is 0.135. The van der Waals surface area contributed by atoms with Gasteiger partial charge in [-0.25, -0.2) is 0 Å². The molecule has 0 saturated heterocycles. The summed E-state index contributed by atoms with van der Waals surface area (Å²) in [5.74, 6) is -0.832. The van der Waals surface area contributed by atoms with Gasteiger partial charge in [0.2, 0.25) is 5.91 Å². The molecule has 24 heavy (non-hydrogen) atoms. The minimum atomic E-state index is -0.343. The second kappa shape index (κ2) is 7.92. The number of hydrogen-bond donors (Lipinski definition) is 3. The van der Waals surface area contributed by atoms with Crippen molar-refractivity contribution in [2.45, 2.75) is 6.92 Å². The third-order valence-electron chi connectivity index (χ3n) is 3.46. The Bertz CT molecular complexity index is 754. The van der Waals surface area contributed by atoms with Crippen LogP contribution in [0.15, 0.2) is 48.5 Å². The van der Waals surface area contributed by atoms with E-state index >= 15 is 0 Å². The van der Waals surface area contributed by atoms with E-state index in [4.69, 9.17) is 0 Å². The van der Waals surface area contributed by atoms with Crippen molar-refractivity contribution in [1.29, 1.82) is 0 Å². The van der Waals surface area contributed by atoms with Gasteiger partial charge in [0.1, 0.15) is 0 Å². The van der Waals surface area contributed by atoms with Crippen LogP contribution in [0.5, 0.6) is 0 Å². The first-order chi connectivity index (χ1) is 11.5. The summed E-state index contributed by atoms with van der Waals surface area (Å²) < 4.78 is 0. The molecular formula is C18H19N3O3. The van der Waals surface area contributed by atoms with Crippen molar-refractivity contribution in [3.63, 3.8) is 0 Å². The molecule has 0 aliphatic rings. The summed E-state index contributed by atoms with van der Waals surface area (Å²) >= 11 is 0. The van der Waals surface area contributed by atoms with Crippen molar-refractivity contribution in [3.8, 4) is 0 Å². The Kier molecular flexibility index (Phi) is 5.68. The fourth-order valence-electron chi connectivity index (χ4n) is 2.14. The molecule has 0 bridgehead atoms. The topological polar surface area (TPSA) is 87.3 Å². The number of hydrogen-bond acceptors (Lipinski definition) is 3. The van der Waals surface area contributed by atoms with E-state index in [1.165, 1.54) is 0 Å². The van der Waals surface area contributed by atoms with Crippen LogP contribution < -0.4 is 16.0 Å². The fraction of sp³-hybridized carbons (Fsp3) is 0.167. The van der Waals surface area contributed by atoms with Crippen LogP contribution in [0.1, 0.15) is 26.3 Å². The Morgan fingerprint density at radius 1 is 0.917 bits per heavy atom. The summed E-state index contributed by atoms with van der Waals surface area (Å²) in [4.78, 5) is 35.4. The number of rotatable bonds is 5. The Labute approximate surface area is 140 Å². The zero-order valence-electron chi connectivity index (χ0n) is 13.6. The van der Waals surface area contributed by atoms with Gasteiger partial charge in [0.25, 0.3) is 11.8 Å². The molecule has 0 aliphatic heterocycles. The van der Waals surface area contributed by atoms with Crippen molar-refractivity contribution in [1.82, 2.24) is 10.6 Å². The SMILES string of the molecule is CNC(=O)c1ccc(NC(=O)CNC(=O)c2ccccc2C)cc1. The van der Waals surface area contributed by atoms with E-state index in [0.717, 1.165) is 5.56 Å². The van der Waals surface area contributed by atoms with Crippen LogP contribution in [0, 0.1) is 6.92 Å². The van der Waals surface area contributed by atoms with Gasteiger partial charge >= 0.3 is 0 Å². The second-order valence-electron chi connectivity index (χ2n) is 5.20. The van der Waals surface area contributed by atoms with Crippen molar-refractivity contribution in [3.05, 3.63) is 65.2 Å². The summed E-state index contributed by atoms with van der Waals surface area (Å²) in [5.41, 5.74) is 2.45. The average Bonchev–Trinajstić information content (AvgIpc) is 2.60. The van der Waals surface area contributed by atoms with Gasteiger partial charge in [-0.05, 0) is 42.8 Å². The molecule has 2 aromatic rings. The van der Waals surface area contributed by atoms with Gasteiger partial charge < -0.3 is 16.0 Å². The molecule has 6 nitrogen and oxygen atoms in total. The first kappa shape index (κ1) is 17.2. The standard InChI is InChI=1S/C18H19N3O3/c1-12-5-3-4-6-15(12)18(24)20-11-16(22)21-14-9-7-13(8-10-14)17(23)19-2/h3-10H,11H2,1-2H3,(H,19,23)(H,20,24)(H,21,22). The predicted molar refractivity (Wildman–Crippen MR) is 92.0 cm³/mol. The lowest BCUT2D eigenvalue weighted by Gasteiger charge is -2.09. The number of carbonyl (C=O) groups excluding carboxylic acids is 3. The van der Waals surface area contributed by atoms with Gasteiger partial charge in [-0.3, -0.25) is 14.4 Å². The molecule has 0 unspecified atom stereocenters. The molecule has 0 aliphatic carbocycles. The van der Waals surface area contributed by atoms with Crippen LogP contribution in [-0.2, 0) is 4.79 Å². The maximum absolute atomic E-state index is 12.0. The smallest absolute Gasteiger partial charge is 0.251 e. The molecule has 0 atom stereocenters. The highest BCUT2D eigenvalue weighted by atomic mass is 16.2. The second-order valence-corrected chi connectivity index (χ2v) is 5.20. The molecule has 124 valence electrons. The number of carbonyl (C=O) groups is 3. The monoisotopic (exact) mass is 325 g/mol. The van der Waals surface area contributed by atoms with Crippen LogP contribution in [-0.4, -0.2) is 31.3 Å². The van der Waals surface area contributed by atoms with Crippen LogP contribution in [0.4, 0.5) is 5.69 Å². The molecule has 0 saturated carbocycles. The highest BCUT2D eigenvalue weighted by molar-refractivity contribution is 6.00. The Hall–Kier alpha value is -3.15. The first-order valence-electron chi connectivity index (χ1n) is 7.47. The molecule has 6 heteroatoms. The number of anilines is 1. The Morgan fingerprint density at radius 3 is 2.21 bits per heavy atom. The fourth-order valence-corrected chi connectivity index (χ4v) is 2.14. The van der Waals surface area contributed by atoms with Crippen LogP contribution >= 0.6 is 0 Å². The molecular weight excluding hydrogens is 306 g/mol. The normalized spacial score (nSPS) is 9.92. The van der Waals surface area contributed by atoms with E-state index in [1.807, 2.05) is 19.1 Å². The molecule has 2 aromatic carbocycles. The molecule has 0 spiro atoms. The van der Waals surface area contributed by atoms with E-state index in [2.05, 4.69) is 16.0 Å². The minimum Gasteiger partial charge on any atom is -0.355 e. The molecule has 0 aromatic heterocycles. The maximum Gasteiger partial charge on any atom is 0.251 e. The number of aryl methyl sites for hydroxylation is 1. The molecule has 0 heterocycles. The first-order valence-corrected chi connectivity index (χ1v) is 7.47. The van der Waals surface area contributed by atoms with E-state index in [1.54, 1.807) is 43.4 Å². The van der Waals surface area contributed by atoms with Crippen molar-refractivity contribution >= 4 is 23.4 Å². The summed E-state index contributed by atoms with van der Waals surface area (Å²) in [5, 5.41) is 7.77. The summed E-state index contributed by atoms with van der Waals surface area (Å²) in [7, 11) is 1.55. The summed E-state index contributed by atoms with van der Waals surface area (Å²) in [6.45, 7) is 1.70. The summed E-state index contributed by atoms with van der Waals surface area (Å²) in [6.07, 6.45) is 0. The maximum atomic E-state index is 12.0. The van der Waals surface area contributed by atoms with Gasteiger partial charge in [0.15, 0.2) is 0 Å². The largest absolute Gasteiger partial charge is 0.355 e. The van der Waals surface area contributed by atoms with Crippen LogP contribution in [0.2, 0.25) is 0 Å². The van der Waals surface area contributed by atoms with Gasteiger partial charge in [0.05, 0.1) is 6.54 Å². The molecule has 3 amide bonds. The van der Waals surface area contributed by atoms with Crippen molar-refractivity contribution in [2.24, 2.45) is 0 Å². The van der Waals surface area contributed by atoms with E-state index in [-0.39, 0.29) is 24.3 Å². The van der Waals surface area contributed by atoms with Crippen LogP contribution in [0.25, 0.3) is 0 Å². The van der Waals surface area contributed by atoms with Gasteiger partial charge in [-0.15, -0.1) is 0 Å². The Morgan fingerprint density at radius 2 is 1.58 bits per heavy atom. The van der Waals surface area contributed by atoms with E-state index < -0.39 is 0 Å². The van der Waals surface area contributed by atoms with Gasteiger partial charge in [-0.2, -0.15) is 0 Å². The Balaban J connectivity index is 1.88. The highest BCUT2D eigenvalue weighted by Gasteiger charge is 2.10.